The topological polar surface area (TPSA) is 105 Å². The molecule has 1 amide bonds. The molecular weight excluding hydrogens is 600 g/mol. The van der Waals surface area contributed by atoms with E-state index in [4.69, 9.17) is 21.1 Å². The molecule has 2 aromatic carbocycles. The predicted octanol–water partition coefficient (Wildman–Crippen LogP) is 5.90. The zero-order valence-corrected chi connectivity index (χ0v) is 27.5. The molecule has 0 unspecified atom stereocenters. The number of sulfonamides is 1. The molecule has 0 saturated heterocycles. The number of carbonyl (C=O) groups excluding carboxylic acids is 1. The Bertz CT molecular complexity index is 1480. The largest absolute Gasteiger partial charge is 0.487 e. The van der Waals surface area contributed by atoms with Crippen molar-refractivity contribution < 1.29 is 27.8 Å². The first kappa shape index (κ1) is 32.8. The SMILES string of the molecule is CO[C@@]1(C)/C=C/C[C@H](C)[C@@H](CCO)S(=O)(=O)NC(=O)c2ccc3c(c2)N(CCCCc2cc(Cl)ccc2CO3)C[C@@H]2CC[C@H]21. The van der Waals surface area contributed by atoms with Crippen molar-refractivity contribution in [3.05, 3.63) is 70.3 Å². The number of nitrogens with zero attached hydrogens (tertiary/aromatic N) is 1. The number of anilines is 1. The summed E-state index contributed by atoms with van der Waals surface area (Å²) in [5.74, 6) is 0.274. The number of fused-ring (bicyclic) bond motifs is 3. The molecule has 1 saturated carbocycles. The number of nitrogens with one attached hydrogen (secondary N) is 1. The van der Waals surface area contributed by atoms with Gasteiger partial charge in [0.05, 0.1) is 16.5 Å². The van der Waals surface area contributed by atoms with Crippen LogP contribution in [-0.4, -0.2) is 57.1 Å². The Kier molecular flexibility index (Phi) is 10.3. The van der Waals surface area contributed by atoms with Crippen LogP contribution >= 0.6 is 11.6 Å². The molecule has 2 bridgehead atoms. The molecule has 0 radical (unpaired) electrons. The first-order valence-corrected chi connectivity index (χ1v) is 17.7. The monoisotopic (exact) mass is 644 g/mol. The Morgan fingerprint density at radius 1 is 1.16 bits per heavy atom. The molecule has 44 heavy (non-hydrogen) atoms. The van der Waals surface area contributed by atoms with Crippen molar-refractivity contribution in [2.45, 2.75) is 76.3 Å². The van der Waals surface area contributed by atoms with E-state index in [2.05, 4.69) is 22.6 Å². The number of amides is 1. The molecule has 3 aliphatic rings. The van der Waals surface area contributed by atoms with Crippen LogP contribution in [0, 0.1) is 17.8 Å². The number of aliphatic hydroxyl groups excluding tert-OH is 1. The maximum atomic E-state index is 13.5. The van der Waals surface area contributed by atoms with Gasteiger partial charge in [-0.25, -0.2) is 13.1 Å². The standard InChI is InChI=1S/C34H45ClN2O6S/c1-23-7-6-16-34(2,42-3)29-13-10-26(29)21-37-17-5-4-8-24-19-28(35)12-9-27(24)22-43-31-14-11-25(20-30(31)37)33(39)36-44(40,41)32(23)15-18-38/h6,9,11-12,14,16,19-20,23,26,29,32,38H,4-5,7-8,10,13,15,17-18,21-22H2,1-3H3,(H,36,39)/b16-6+/t23-,26-,29+,32+,34-/m0/s1. The normalized spacial score (nSPS) is 29.9. The minimum atomic E-state index is -4.08. The summed E-state index contributed by atoms with van der Waals surface area (Å²) in [7, 11) is -2.34. The fraction of sp³-hybridized carbons (Fsp3) is 0.559. The summed E-state index contributed by atoms with van der Waals surface area (Å²) in [6.07, 6.45) is 9.48. The van der Waals surface area contributed by atoms with Crippen LogP contribution < -0.4 is 14.4 Å². The van der Waals surface area contributed by atoms with Gasteiger partial charge in [-0.15, -0.1) is 0 Å². The number of ether oxygens (including phenoxy) is 2. The van der Waals surface area contributed by atoms with Crippen molar-refractivity contribution >= 4 is 33.2 Å². The lowest BCUT2D eigenvalue weighted by molar-refractivity contribution is -0.0620. The molecular formula is C34H45ClN2O6S. The van der Waals surface area contributed by atoms with E-state index >= 15 is 0 Å². The molecule has 0 aromatic heterocycles. The van der Waals surface area contributed by atoms with Gasteiger partial charge in [-0.1, -0.05) is 36.7 Å². The molecule has 1 aliphatic carbocycles. The highest BCUT2D eigenvalue weighted by molar-refractivity contribution is 7.90. The second-order valence-electron chi connectivity index (χ2n) is 12.8. The summed E-state index contributed by atoms with van der Waals surface area (Å²) >= 11 is 6.33. The average Bonchev–Trinajstić information content (AvgIpc) is 3.00. The lowest BCUT2D eigenvalue weighted by atomic mass is 9.64. The van der Waals surface area contributed by atoms with Gasteiger partial charge in [-0.3, -0.25) is 4.79 Å². The van der Waals surface area contributed by atoms with Crippen molar-refractivity contribution in [3.8, 4) is 5.75 Å². The summed E-state index contributed by atoms with van der Waals surface area (Å²) in [5, 5.41) is 9.49. The zero-order valence-electron chi connectivity index (χ0n) is 25.9. The molecule has 240 valence electrons. The third-order valence-electron chi connectivity index (χ3n) is 9.92. The van der Waals surface area contributed by atoms with Gasteiger partial charge in [0.1, 0.15) is 12.4 Å². The number of carbonyl (C=O) groups is 1. The number of hydrogen-bond donors (Lipinski definition) is 2. The Labute approximate surface area is 266 Å². The van der Waals surface area contributed by atoms with Crippen LogP contribution in [0.25, 0.3) is 0 Å². The quantitative estimate of drug-likeness (QED) is 0.401. The van der Waals surface area contributed by atoms with Crippen molar-refractivity contribution in [1.82, 2.24) is 4.72 Å². The van der Waals surface area contributed by atoms with E-state index in [9.17, 15) is 18.3 Å². The van der Waals surface area contributed by atoms with Crippen LogP contribution in [0.4, 0.5) is 5.69 Å². The van der Waals surface area contributed by atoms with Crippen molar-refractivity contribution in [1.29, 1.82) is 0 Å². The zero-order chi connectivity index (χ0) is 31.5. The molecule has 2 aliphatic heterocycles. The van der Waals surface area contributed by atoms with Gasteiger partial charge in [-0.05, 0) is 111 Å². The van der Waals surface area contributed by atoms with Gasteiger partial charge in [0.25, 0.3) is 5.91 Å². The molecule has 5 rings (SSSR count). The van der Waals surface area contributed by atoms with E-state index in [1.54, 1.807) is 25.3 Å². The third-order valence-corrected chi connectivity index (χ3v) is 12.1. The van der Waals surface area contributed by atoms with E-state index in [-0.39, 0.29) is 30.4 Å². The first-order chi connectivity index (χ1) is 21.0. The predicted molar refractivity (Wildman–Crippen MR) is 174 cm³/mol. The first-order valence-electron chi connectivity index (χ1n) is 15.7. The molecule has 10 heteroatoms. The highest BCUT2D eigenvalue weighted by atomic mass is 35.5. The molecule has 0 spiro atoms. The Morgan fingerprint density at radius 2 is 1.98 bits per heavy atom. The van der Waals surface area contributed by atoms with E-state index in [0.717, 1.165) is 56.4 Å². The van der Waals surface area contributed by atoms with Crippen LogP contribution in [0.15, 0.2) is 48.6 Å². The minimum absolute atomic E-state index is 0.0301. The molecule has 5 atom stereocenters. The number of allylic oxidation sites excluding steroid dienone is 1. The molecule has 1 fully saturated rings. The average molecular weight is 645 g/mol. The number of methoxy groups -OCH3 is 1. The number of halogens is 1. The van der Waals surface area contributed by atoms with Gasteiger partial charge in [0.15, 0.2) is 0 Å². The smallest absolute Gasteiger partial charge is 0.264 e. The van der Waals surface area contributed by atoms with E-state index in [0.29, 0.717) is 29.7 Å². The summed E-state index contributed by atoms with van der Waals surface area (Å²) in [5.41, 5.74) is 2.77. The number of aryl methyl sites for hydroxylation is 1. The molecule has 2 aromatic rings. The van der Waals surface area contributed by atoms with Gasteiger partial charge in [0.2, 0.25) is 10.0 Å². The number of aliphatic hydroxyl groups is 1. The van der Waals surface area contributed by atoms with Gasteiger partial charge in [0, 0.05) is 37.4 Å². The number of rotatable bonds is 3. The lowest BCUT2D eigenvalue weighted by Gasteiger charge is -2.48. The van der Waals surface area contributed by atoms with Gasteiger partial charge in [-0.2, -0.15) is 0 Å². The van der Waals surface area contributed by atoms with Gasteiger partial charge >= 0.3 is 0 Å². The van der Waals surface area contributed by atoms with Crippen molar-refractivity contribution in [2.24, 2.45) is 17.8 Å². The summed E-state index contributed by atoms with van der Waals surface area (Å²) < 4.78 is 41.9. The summed E-state index contributed by atoms with van der Waals surface area (Å²) in [4.78, 5) is 15.8. The van der Waals surface area contributed by atoms with Crippen LogP contribution in [0.3, 0.4) is 0 Å². The highest BCUT2D eigenvalue weighted by Gasteiger charge is 2.44. The minimum Gasteiger partial charge on any atom is -0.487 e. The lowest BCUT2D eigenvalue weighted by Crippen LogP contribution is -2.49. The summed E-state index contributed by atoms with van der Waals surface area (Å²) in [6, 6.07) is 11.1. The highest BCUT2D eigenvalue weighted by Crippen LogP contribution is 2.46. The van der Waals surface area contributed by atoms with Crippen LogP contribution in [0.2, 0.25) is 5.02 Å². The second kappa shape index (κ2) is 13.8. The van der Waals surface area contributed by atoms with E-state index < -0.39 is 26.8 Å². The summed E-state index contributed by atoms with van der Waals surface area (Å²) in [6.45, 7) is 5.54. The maximum absolute atomic E-state index is 13.5. The Morgan fingerprint density at radius 3 is 2.70 bits per heavy atom. The van der Waals surface area contributed by atoms with Gasteiger partial charge < -0.3 is 19.5 Å². The fourth-order valence-electron chi connectivity index (χ4n) is 7.05. The van der Waals surface area contributed by atoms with Crippen molar-refractivity contribution in [3.63, 3.8) is 0 Å². The number of hydrogen-bond acceptors (Lipinski definition) is 7. The molecule has 2 heterocycles. The fourth-order valence-corrected chi connectivity index (χ4v) is 8.91. The number of benzene rings is 2. The Balaban J connectivity index is 1.57. The molecule has 2 N–H and O–H groups in total. The Hall–Kier alpha value is -2.59. The van der Waals surface area contributed by atoms with Crippen LogP contribution in [0.5, 0.6) is 5.75 Å². The third kappa shape index (κ3) is 7.11. The van der Waals surface area contributed by atoms with Crippen LogP contribution in [-0.2, 0) is 27.8 Å². The van der Waals surface area contributed by atoms with Crippen LogP contribution in [0.1, 0.15) is 73.9 Å². The van der Waals surface area contributed by atoms with E-state index in [1.807, 2.05) is 31.2 Å². The van der Waals surface area contributed by atoms with Crippen molar-refractivity contribution in [2.75, 3.05) is 31.7 Å². The maximum Gasteiger partial charge on any atom is 0.264 e. The molecule has 8 nitrogen and oxygen atoms in total. The van der Waals surface area contributed by atoms with E-state index in [1.165, 1.54) is 5.56 Å². The second-order valence-corrected chi connectivity index (χ2v) is 15.1.